The van der Waals surface area contributed by atoms with E-state index >= 15 is 0 Å². The van der Waals surface area contributed by atoms with Gasteiger partial charge in [0.1, 0.15) is 0 Å². The van der Waals surface area contributed by atoms with Gasteiger partial charge < -0.3 is 10.6 Å². The van der Waals surface area contributed by atoms with Crippen LogP contribution in [0.3, 0.4) is 0 Å². The van der Waals surface area contributed by atoms with Gasteiger partial charge in [-0.1, -0.05) is 50.6 Å². The molecule has 1 aromatic rings. The zero-order valence-electron chi connectivity index (χ0n) is 13.3. The lowest BCUT2D eigenvalue weighted by Gasteiger charge is -2.41. The van der Waals surface area contributed by atoms with Gasteiger partial charge in [0.2, 0.25) is 5.91 Å². The molecule has 1 aromatic carbocycles. The fourth-order valence-electron chi connectivity index (χ4n) is 3.50. The number of amides is 1. The first-order valence-electron chi connectivity index (χ1n) is 8.12. The van der Waals surface area contributed by atoms with Crippen LogP contribution in [0.15, 0.2) is 30.3 Å². The lowest BCUT2D eigenvalue weighted by molar-refractivity contribution is -0.136. The second kappa shape index (κ2) is 7.08. The van der Waals surface area contributed by atoms with E-state index in [1.165, 1.54) is 19.3 Å². The van der Waals surface area contributed by atoms with Gasteiger partial charge in [-0.3, -0.25) is 4.79 Å². The van der Waals surface area contributed by atoms with E-state index in [-0.39, 0.29) is 11.3 Å². The van der Waals surface area contributed by atoms with Gasteiger partial charge in [0.15, 0.2) is 0 Å². The zero-order valence-corrected chi connectivity index (χ0v) is 13.3. The third-order valence-electron chi connectivity index (χ3n) is 4.56. The summed E-state index contributed by atoms with van der Waals surface area (Å²) in [6.45, 7) is 6.24. The Morgan fingerprint density at radius 2 is 2.10 bits per heavy atom. The van der Waals surface area contributed by atoms with Crippen LogP contribution in [-0.2, 0) is 11.2 Å². The van der Waals surface area contributed by atoms with Gasteiger partial charge in [-0.25, -0.2) is 0 Å². The van der Waals surface area contributed by atoms with Crippen molar-refractivity contribution in [2.45, 2.75) is 52.0 Å². The second-order valence-electron chi connectivity index (χ2n) is 6.72. The Bertz CT molecular complexity index is 456. The molecule has 0 saturated carbocycles. The number of hydrogen-bond acceptors (Lipinski definition) is 2. The van der Waals surface area contributed by atoms with E-state index in [1.807, 2.05) is 35.2 Å². The number of nitrogens with zero attached hydrogens (tertiary/aromatic N) is 1. The molecule has 2 N–H and O–H groups in total. The Morgan fingerprint density at radius 1 is 1.38 bits per heavy atom. The molecule has 2 rings (SSSR count). The maximum Gasteiger partial charge on any atom is 0.239 e. The Morgan fingerprint density at radius 3 is 2.76 bits per heavy atom. The molecule has 1 saturated heterocycles. The third-order valence-corrected chi connectivity index (χ3v) is 4.56. The summed E-state index contributed by atoms with van der Waals surface area (Å²) in [5.74, 6) is 0.112. The standard InChI is InChI=1S/C18H28N2O/c1-3-10-18(2)11-7-12-20(14-18)17(21)16(19)13-15-8-5-4-6-9-15/h4-6,8-9,16H,3,7,10-14,19H2,1-2H3/t16-,18?/m0/s1. The molecule has 1 aliphatic rings. The minimum absolute atomic E-state index is 0.112. The molecule has 1 heterocycles. The van der Waals surface area contributed by atoms with E-state index in [0.717, 1.165) is 25.1 Å². The van der Waals surface area contributed by atoms with Crippen molar-refractivity contribution in [2.24, 2.45) is 11.1 Å². The van der Waals surface area contributed by atoms with Crippen molar-refractivity contribution in [2.75, 3.05) is 13.1 Å². The van der Waals surface area contributed by atoms with Crippen LogP contribution in [0.2, 0.25) is 0 Å². The number of likely N-dealkylation sites (tertiary alicyclic amines) is 1. The molecule has 3 nitrogen and oxygen atoms in total. The van der Waals surface area contributed by atoms with Crippen LogP contribution in [0.1, 0.15) is 45.1 Å². The largest absolute Gasteiger partial charge is 0.341 e. The number of hydrogen-bond donors (Lipinski definition) is 1. The van der Waals surface area contributed by atoms with Crippen LogP contribution in [0.4, 0.5) is 0 Å². The second-order valence-corrected chi connectivity index (χ2v) is 6.72. The molecule has 0 aromatic heterocycles. The van der Waals surface area contributed by atoms with Gasteiger partial charge in [-0.05, 0) is 36.7 Å². The maximum atomic E-state index is 12.6. The van der Waals surface area contributed by atoms with Gasteiger partial charge >= 0.3 is 0 Å². The highest BCUT2D eigenvalue weighted by Crippen LogP contribution is 2.34. The molecule has 2 atom stereocenters. The van der Waals surface area contributed by atoms with Crippen molar-refractivity contribution in [1.82, 2.24) is 4.90 Å². The molecule has 116 valence electrons. The summed E-state index contributed by atoms with van der Waals surface area (Å²) in [5.41, 5.74) is 7.56. The fourth-order valence-corrected chi connectivity index (χ4v) is 3.50. The lowest BCUT2D eigenvalue weighted by Crippen LogP contribution is -2.51. The van der Waals surface area contributed by atoms with Crippen molar-refractivity contribution in [1.29, 1.82) is 0 Å². The van der Waals surface area contributed by atoms with E-state index < -0.39 is 6.04 Å². The first kappa shape index (κ1) is 16.0. The van der Waals surface area contributed by atoms with Crippen molar-refractivity contribution in [3.63, 3.8) is 0 Å². The summed E-state index contributed by atoms with van der Waals surface area (Å²) in [6, 6.07) is 9.61. The van der Waals surface area contributed by atoms with Gasteiger partial charge in [-0.15, -0.1) is 0 Å². The van der Waals surface area contributed by atoms with Gasteiger partial charge in [-0.2, -0.15) is 0 Å². The molecule has 3 heteroatoms. The third kappa shape index (κ3) is 4.31. The van der Waals surface area contributed by atoms with Gasteiger partial charge in [0.05, 0.1) is 6.04 Å². The normalized spacial score (nSPS) is 23.9. The summed E-state index contributed by atoms with van der Waals surface area (Å²) < 4.78 is 0. The van der Waals surface area contributed by atoms with Crippen LogP contribution < -0.4 is 5.73 Å². The van der Waals surface area contributed by atoms with Crippen LogP contribution in [0, 0.1) is 5.41 Å². The smallest absolute Gasteiger partial charge is 0.239 e. The van der Waals surface area contributed by atoms with Crippen LogP contribution in [0.25, 0.3) is 0 Å². The molecule has 0 spiro atoms. The summed E-state index contributed by atoms with van der Waals surface area (Å²) in [6.07, 6.45) is 5.30. The Kier molecular flexibility index (Phi) is 5.40. The highest BCUT2D eigenvalue weighted by atomic mass is 16.2. The monoisotopic (exact) mass is 288 g/mol. The Labute approximate surface area is 128 Å². The maximum absolute atomic E-state index is 12.6. The first-order chi connectivity index (χ1) is 10.0. The number of piperidine rings is 1. The average Bonchev–Trinajstić information content (AvgIpc) is 2.47. The molecule has 0 aliphatic carbocycles. The lowest BCUT2D eigenvalue weighted by atomic mass is 9.78. The fraction of sp³-hybridized carbons (Fsp3) is 0.611. The summed E-state index contributed by atoms with van der Waals surface area (Å²) in [7, 11) is 0. The average molecular weight is 288 g/mol. The predicted molar refractivity (Wildman–Crippen MR) is 87.0 cm³/mol. The molecule has 1 unspecified atom stereocenters. The van der Waals surface area contributed by atoms with Crippen molar-refractivity contribution >= 4 is 5.91 Å². The quantitative estimate of drug-likeness (QED) is 0.905. The summed E-state index contributed by atoms with van der Waals surface area (Å²) in [4.78, 5) is 14.6. The number of benzene rings is 1. The van der Waals surface area contributed by atoms with E-state index in [0.29, 0.717) is 6.42 Å². The van der Waals surface area contributed by atoms with Crippen molar-refractivity contribution in [3.8, 4) is 0 Å². The number of nitrogens with two attached hydrogens (primary N) is 1. The van der Waals surface area contributed by atoms with Crippen LogP contribution in [-0.4, -0.2) is 29.9 Å². The molecule has 1 amide bonds. The summed E-state index contributed by atoms with van der Waals surface area (Å²) in [5, 5.41) is 0. The number of rotatable bonds is 5. The Hall–Kier alpha value is -1.35. The molecule has 1 aliphatic heterocycles. The number of carbonyl (C=O) groups excluding carboxylic acids is 1. The molecule has 0 radical (unpaired) electrons. The molecular weight excluding hydrogens is 260 g/mol. The molecule has 1 fully saturated rings. The highest BCUT2D eigenvalue weighted by Gasteiger charge is 2.33. The van der Waals surface area contributed by atoms with E-state index in [9.17, 15) is 4.79 Å². The first-order valence-corrected chi connectivity index (χ1v) is 8.12. The van der Waals surface area contributed by atoms with E-state index in [4.69, 9.17) is 5.73 Å². The van der Waals surface area contributed by atoms with Crippen LogP contribution >= 0.6 is 0 Å². The summed E-state index contributed by atoms with van der Waals surface area (Å²) >= 11 is 0. The van der Waals surface area contributed by atoms with Gasteiger partial charge in [0.25, 0.3) is 0 Å². The SMILES string of the molecule is CCCC1(C)CCCN(C(=O)[C@@H](N)Cc2ccccc2)C1. The van der Waals surface area contributed by atoms with E-state index in [1.54, 1.807) is 0 Å². The van der Waals surface area contributed by atoms with Crippen LogP contribution in [0.5, 0.6) is 0 Å². The minimum Gasteiger partial charge on any atom is -0.341 e. The molecular formula is C18H28N2O. The van der Waals surface area contributed by atoms with Gasteiger partial charge in [0, 0.05) is 13.1 Å². The van der Waals surface area contributed by atoms with Crippen molar-refractivity contribution < 1.29 is 4.79 Å². The number of carbonyl (C=O) groups is 1. The van der Waals surface area contributed by atoms with Crippen molar-refractivity contribution in [3.05, 3.63) is 35.9 Å². The predicted octanol–water partition coefficient (Wildman–Crippen LogP) is 2.99. The molecule has 0 bridgehead atoms. The topological polar surface area (TPSA) is 46.3 Å². The zero-order chi connectivity index (χ0) is 15.3. The van der Waals surface area contributed by atoms with E-state index in [2.05, 4.69) is 13.8 Å². The minimum atomic E-state index is -0.420. The molecule has 21 heavy (non-hydrogen) atoms. The highest BCUT2D eigenvalue weighted by molar-refractivity contribution is 5.82. The Balaban J connectivity index is 1.95.